The van der Waals surface area contributed by atoms with E-state index in [0.717, 1.165) is 5.56 Å². The van der Waals surface area contributed by atoms with Crippen molar-refractivity contribution in [2.24, 2.45) is 0 Å². The molecule has 0 bridgehead atoms. The van der Waals surface area contributed by atoms with Crippen LogP contribution in [0.5, 0.6) is 0 Å². The maximum atomic E-state index is 13.0. The Morgan fingerprint density at radius 1 is 1.17 bits per heavy atom. The van der Waals surface area contributed by atoms with Gasteiger partial charge in [0.2, 0.25) is 10.0 Å². The van der Waals surface area contributed by atoms with Crippen LogP contribution in [-0.2, 0) is 21.3 Å². The lowest BCUT2D eigenvalue weighted by Gasteiger charge is -2.23. The molecule has 1 heterocycles. The van der Waals surface area contributed by atoms with Crippen LogP contribution in [0.2, 0.25) is 10.0 Å². The summed E-state index contributed by atoms with van der Waals surface area (Å²) in [6, 6.07) is 8.15. The number of pyridine rings is 1. The molecule has 5 nitrogen and oxygen atoms in total. The normalized spacial score (nSPS) is 11.8. The Hall–Kier alpha value is -1.18. The van der Waals surface area contributed by atoms with Crippen LogP contribution in [0, 0.1) is 0 Å². The highest BCUT2D eigenvalue weighted by atomic mass is 35.5. The van der Waals surface area contributed by atoms with Crippen molar-refractivity contribution in [2.75, 3.05) is 20.3 Å². The Bertz CT molecular complexity index is 734. The molecule has 0 aliphatic carbocycles. The zero-order chi connectivity index (χ0) is 16.9. The largest absolute Gasteiger partial charge is 0.383 e. The molecule has 0 N–H and O–H groups in total. The van der Waals surface area contributed by atoms with Gasteiger partial charge in [0, 0.05) is 32.6 Å². The average Bonchev–Trinajstić information content (AvgIpc) is 2.52. The number of sulfonamides is 1. The van der Waals surface area contributed by atoms with Crippen LogP contribution in [-0.4, -0.2) is 38.0 Å². The highest BCUT2D eigenvalue weighted by Gasteiger charge is 2.29. The van der Waals surface area contributed by atoms with Gasteiger partial charge >= 0.3 is 0 Å². The molecule has 1 aromatic heterocycles. The van der Waals surface area contributed by atoms with Crippen LogP contribution in [0.1, 0.15) is 5.56 Å². The van der Waals surface area contributed by atoms with Gasteiger partial charge in [-0.25, -0.2) is 8.42 Å². The number of hydrogen-bond donors (Lipinski definition) is 0. The third kappa shape index (κ3) is 4.43. The molecule has 1 aromatic carbocycles. The second kappa shape index (κ2) is 8.08. The van der Waals surface area contributed by atoms with E-state index in [1.54, 1.807) is 30.6 Å². The van der Waals surface area contributed by atoms with Crippen LogP contribution in [0.4, 0.5) is 0 Å². The predicted molar refractivity (Wildman–Crippen MR) is 90.2 cm³/mol. The minimum Gasteiger partial charge on any atom is -0.383 e. The van der Waals surface area contributed by atoms with E-state index < -0.39 is 10.0 Å². The van der Waals surface area contributed by atoms with Gasteiger partial charge in [-0.2, -0.15) is 4.31 Å². The summed E-state index contributed by atoms with van der Waals surface area (Å²) in [6.07, 6.45) is 3.24. The summed E-state index contributed by atoms with van der Waals surface area (Å²) in [7, 11) is -2.36. The first kappa shape index (κ1) is 18.2. The Balaban J connectivity index is 2.41. The first-order chi connectivity index (χ1) is 11.0. The molecule has 0 spiro atoms. The summed E-state index contributed by atoms with van der Waals surface area (Å²) in [5.74, 6) is 0. The van der Waals surface area contributed by atoms with E-state index in [-0.39, 0.29) is 34.6 Å². The molecule has 0 radical (unpaired) electrons. The second-order valence-electron chi connectivity index (χ2n) is 4.74. The summed E-state index contributed by atoms with van der Waals surface area (Å²) in [6.45, 7) is 0.581. The van der Waals surface area contributed by atoms with Crippen molar-refractivity contribution >= 4 is 33.2 Å². The molecule has 8 heteroatoms. The number of methoxy groups -OCH3 is 1. The Morgan fingerprint density at radius 3 is 2.43 bits per heavy atom. The average molecular weight is 375 g/mol. The van der Waals surface area contributed by atoms with E-state index in [2.05, 4.69) is 4.98 Å². The third-order valence-electron chi connectivity index (χ3n) is 3.14. The topological polar surface area (TPSA) is 59.5 Å². The van der Waals surface area contributed by atoms with Crippen molar-refractivity contribution < 1.29 is 13.2 Å². The molecule has 0 aliphatic heterocycles. The molecule has 0 saturated heterocycles. The molecule has 2 aromatic rings. The van der Waals surface area contributed by atoms with Crippen LogP contribution in [0.3, 0.4) is 0 Å². The zero-order valence-corrected chi connectivity index (χ0v) is 14.8. The molecule has 0 aliphatic rings. The number of rotatable bonds is 7. The molecule has 124 valence electrons. The van der Waals surface area contributed by atoms with E-state index in [1.165, 1.54) is 23.5 Å². The first-order valence-corrected chi connectivity index (χ1v) is 8.98. The highest BCUT2D eigenvalue weighted by Crippen LogP contribution is 2.32. The molecular weight excluding hydrogens is 359 g/mol. The van der Waals surface area contributed by atoms with Gasteiger partial charge in [0.05, 0.1) is 16.7 Å². The minimum atomic E-state index is -3.87. The highest BCUT2D eigenvalue weighted by molar-refractivity contribution is 7.89. The Labute approximate surface area is 145 Å². The smallest absolute Gasteiger partial charge is 0.246 e. The second-order valence-corrected chi connectivity index (χ2v) is 7.43. The lowest BCUT2D eigenvalue weighted by Crippen LogP contribution is -2.34. The third-order valence-corrected chi connectivity index (χ3v) is 5.94. The van der Waals surface area contributed by atoms with Gasteiger partial charge in [0.25, 0.3) is 0 Å². The molecule has 23 heavy (non-hydrogen) atoms. The number of aromatic nitrogens is 1. The maximum Gasteiger partial charge on any atom is 0.246 e. The molecule has 0 saturated carbocycles. The van der Waals surface area contributed by atoms with Gasteiger partial charge in [0.1, 0.15) is 4.90 Å². The molecular formula is C15H16Cl2N2O3S. The van der Waals surface area contributed by atoms with Gasteiger partial charge in [-0.05, 0) is 23.8 Å². The van der Waals surface area contributed by atoms with E-state index in [0.29, 0.717) is 0 Å². The minimum absolute atomic E-state index is 0.0890. The van der Waals surface area contributed by atoms with Crippen LogP contribution in [0.25, 0.3) is 0 Å². The van der Waals surface area contributed by atoms with Crippen molar-refractivity contribution in [3.05, 3.63) is 58.3 Å². The van der Waals surface area contributed by atoms with Crippen molar-refractivity contribution in [1.29, 1.82) is 0 Å². The van der Waals surface area contributed by atoms with Gasteiger partial charge in [-0.3, -0.25) is 4.98 Å². The molecule has 0 fully saturated rings. The molecule has 2 rings (SSSR count). The molecule has 0 atom stereocenters. The summed E-state index contributed by atoms with van der Waals surface area (Å²) in [5.41, 5.74) is 0.760. The van der Waals surface area contributed by atoms with Gasteiger partial charge in [-0.1, -0.05) is 35.3 Å². The number of nitrogens with zero attached hydrogens (tertiary/aromatic N) is 2. The predicted octanol–water partition coefficient (Wildman–Crippen LogP) is 3.23. The number of halogens is 2. The molecule has 0 unspecified atom stereocenters. The Morgan fingerprint density at radius 2 is 1.87 bits per heavy atom. The van der Waals surface area contributed by atoms with Crippen molar-refractivity contribution in [1.82, 2.24) is 9.29 Å². The maximum absolute atomic E-state index is 13.0. The summed E-state index contributed by atoms with van der Waals surface area (Å²) in [4.78, 5) is 3.91. The van der Waals surface area contributed by atoms with E-state index in [1.807, 2.05) is 0 Å². The number of hydrogen-bond acceptors (Lipinski definition) is 4. The lowest BCUT2D eigenvalue weighted by atomic mass is 10.3. The van der Waals surface area contributed by atoms with E-state index in [9.17, 15) is 8.42 Å². The summed E-state index contributed by atoms with van der Waals surface area (Å²) in [5, 5.41) is 0.178. The van der Waals surface area contributed by atoms with Gasteiger partial charge in [-0.15, -0.1) is 0 Å². The number of ether oxygens (including phenoxy) is 1. The molecule has 0 amide bonds. The van der Waals surface area contributed by atoms with Crippen LogP contribution >= 0.6 is 23.2 Å². The van der Waals surface area contributed by atoms with Gasteiger partial charge in [0.15, 0.2) is 0 Å². The summed E-state index contributed by atoms with van der Waals surface area (Å²) < 4.78 is 32.2. The standard InChI is InChI=1S/C15H16Cl2N2O3S/c1-22-9-8-19(11-12-4-3-7-18-10-12)23(20,21)15-13(16)5-2-6-14(15)17/h2-7,10H,8-9,11H2,1H3. The van der Waals surface area contributed by atoms with E-state index in [4.69, 9.17) is 27.9 Å². The van der Waals surface area contributed by atoms with Crippen molar-refractivity contribution in [2.45, 2.75) is 11.4 Å². The fourth-order valence-corrected chi connectivity index (χ4v) is 4.53. The fraction of sp³-hybridized carbons (Fsp3) is 0.267. The lowest BCUT2D eigenvalue weighted by molar-refractivity contribution is 0.177. The van der Waals surface area contributed by atoms with Gasteiger partial charge < -0.3 is 4.74 Å². The van der Waals surface area contributed by atoms with Crippen molar-refractivity contribution in [3.63, 3.8) is 0 Å². The summed E-state index contributed by atoms with van der Waals surface area (Å²) >= 11 is 12.1. The van der Waals surface area contributed by atoms with Crippen molar-refractivity contribution in [3.8, 4) is 0 Å². The van der Waals surface area contributed by atoms with E-state index >= 15 is 0 Å². The quantitative estimate of drug-likeness (QED) is 0.746. The van der Waals surface area contributed by atoms with Crippen LogP contribution < -0.4 is 0 Å². The Kier molecular flexibility index (Phi) is 6.38. The first-order valence-electron chi connectivity index (χ1n) is 6.79. The SMILES string of the molecule is COCCN(Cc1cccnc1)S(=O)(=O)c1c(Cl)cccc1Cl. The monoisotopic (exact) mass is 374 g/mol. The number of benzene rings is 1. The van der Waals surface area contributed by atoms with Crippen LogP contribution in [0.15, 0.2) is 47.6 Å². The zero-order valence-electron chi connectivity index (χ0n) is 12.4. The fourth-order valence-electron chi connectivity index (χ4n) is 2.03.